The zero-order valence-corrected chi connectivity index (χ0v) is 22.9. The van der Waals surface area contributed by atoms with Crippen molar-refractivity contribution in [1.29, 1.82) is 0 Å². The van der Waals surface area contributed by atoms with Gasteiger partial charge in [0.2, 0.25) is 5.91 Å². The highest BCUT2D eigenvalue weighted by Gasteiger charge is 2.34. The van der Waals surface area contributed by atoms with Gasteiger partial charge < -0.3 is 14.5 Å². The van der Waals surface area contributed by atoms with Crippen molar-refractivity contribution in [2.24, 2.45) is 5.92 Å². The van der Waals surface area contributed by atoms with E-state index in [0.29, 0.717) is 36.0 Å². The van der Waals surface area contributed by atoms with Crippen molar-refractivity contribution in [3.63, 3.8) is 0 Å². The third-order valence-electron chi connectivity index (χ3n) is 6.89. The zero-order valence-electron chi connectivity index (χ0n) is 21.4. The molecule has 5 nitrogen and oxygen atoms in total. The molecule has 2 aromatic carbocycles. The molecule has 1 aliphatic rings. The molecule has 0 N–H and O–H groups in total. The van der Waals surface area contributed by atoms with Gasteiger partial charge in [-0.25, -0.2) is 4.39 Å². The van der Waals surface area contributed by atoms with Gasteiger partial charge >= 0.3 is 0 Å². The smallest absolute Gasteiger partial charge is 0.254 e. The SMILES string of the molecule is CC[C@@H](C)CN(CC(=O)N1CCc2sccc2[C@H]1COc1ccc(Cl)c(C)c1)C(=O)c1ccc(F)cc1. The molecule has 2 atom stereocenters. The Balaban J connectivity index is 1.54. The lowest BCUT2D eigenvalue weighted by Crippen LogP contribution is -2.48. The Morgan fingerprint density at radius 3 is 2.68 bits per heavy atom. The quantitative estimate of drug-likeness (QED) is 0.308. The van der Waals surface area contributed by atoms with Crippen molar-refractivity contribution in [1.82, 2.24) is 9.80 Å². The van der Waals surface area contributed by atoms with E-state index in [4.69, 9.17) is 16.3 Å². The lowest BCUT2D eigenvalue weighted by atomic mass is 10.00. The van der Waals surface area contributed by atoms with Crippen molar-refractivity contribution in [3.05, 3.63) is 86.3 Å². The minimum absolute atomic E-state index is 0.0451. The van der Waals surface area contributed by atoms with E-state index >= 15 is 0 Å². The van der Waals surface area contributed by atoms with Crippen LogP contribution in [0.3, 0.4) is 0 Å². The summed E-state index contributed by atoms with van der Waals surface area (Å²) in [5.41, 5.74) is 2.38. The van der Waals surface area contributed by atoms with Gasteiger partial charge in [0.25, 0.3) is 5.91 Å². The number of aryl methyl sites for hydroxylation is 1. The standard InChI is InChI=1S/C29H32ClFN2O3S/c1-4-19(2)16-32(29(35)21-5-7-22(31)8-6-21)17-28(34)33-13-11-27-24(12-14-37-27)26(33)18-36-23-9-10-25(30)20(3)15-23/h5-10,12,14-15,19,26H,4,11,13,16-18H2,1-3H3/t19-,26-/m1/s1. The fraction of sp³-hybridized carbons (Fsp3) is 0.379. The number of benzene rings is 2. The summed E-state index contributed by atoms with van der Waals surface area (Å²) in [5, 5.41) is 2.72. The van der Waals surface area contributed by atoms with Crippen molar-refractivity contribution in [2.75, 3.05) is 26.2 Å². The number of thiophene rings is 1. The van der Waals surface area contributed by atoms with Crippen LogP contribution in [0.5, 0.6) is 5.75 Å². The number of hydrogen-bond donors (Lipinski definition) is 0. The maximum absolute atomic E-state index is 13.7. The maximum Gasteiger partial charge on any atom is 0.254 e. The number of nitrogens with zero attached hydrogens (tertiary/aromatic N) is 2. The molecule has 0 bridgehead atoms. The fourth-order valence-electron chi connectivity index (χ4n) is 4.51. The van der Waals surface area contributed by atoms with Gasteiger partial charge in [-0.3, -0.25) is 9.59 Å². The summed E-state index contributed by atoms with van der Waals surface area (Å²) in [4.78, 5) is 31.7. The molecule has 0 aliphatic carbocycles. The van der Waals surface area contributed by atoms with Crippen LogP contribution >= 0.6 is 22.9 Å². The lowest BCUT2D eigenvalue weighted by molar-refractivity contribution is -0.135. The first kappa shape index (κ1) is 27.1. The highest BCUT2D eigenvalue weighted by molar-refractivity contribution is 7.10. The Hall–Kier alpha value is -2.90. The van der Waals surface area contributed by atoms with Crippen LogP contribution in [0.25, 0.3) is 0 Å². The van der Waals surface area contributed by atoms with Crippen LogP contribution in [-0.2, 0) is 11.2 Å². The first-order valence-corrected chi connectivity index (χ1v) is 13.8. The van der Waals surface area contributed by atoms with Crippen molar-refractivity contribution in [3.8, 4) is 5.75 Å². The number of fused-ring (bicyclic) bond motifs is 1. The minimum atomic E-state index is -0.403. The summed E-state index contributed by atoms with van der Waals surface area (Å²) in [6.45, 7) is 7.29. The predicted octanol–water partition coefficient (Wildman–Crippen LogP) is 6.54. The van der Waals surface area contributed by atoms with Crippen molar-refractivity contribution >= 4 is 34.8 Å². The molecule has 0 spiro atoms. The molecule has 4 rings (SSSR count). The Morgan fingerprint density at radius 1 is 1.22 bits per heavy atom. The predicted molar refractivity (Wildman–Crippen MR) is 146 cm³/mol. The number of halogens is 2. The summed E-state index contributed by atoms with van der Waals surface area (Å²) in [6, 6.07) is 12.8. The van der Waals surface area contributed by atoms with Gasteiger partial charge in [0.05, 0.1) is 6.04 Å². The van der Waals surface area contributed by atoms with E-state index in [0.717, 1.165) is 24.0 Å². The minimum Gasteiger partial charge on any atom is -0.491 e. The van der Waals surface area contributed by atoms with Crippen LogP contribution in [0.1, 0.15) is 52.7 Å². The average Bonchev–Trinajstić information content (AvgIpc) is 3.38. The Morgan fingerprint density at radius 2 is 1.97 bits per heavy atom. The molecular weight excluding hydrogens is 511 g/mol. The third kappa shape index (κ3) is 6.51. The molecule has 0 saturated carbocycles. The monoisotopic (exact) mass is 542 g/mol. The van der Waals surface area contributed by atoms with Crippen LogP contribution in [0.4, 0.5) is 4.39 Å². The molecule has 0 saturated heterocycles. The first-order chi connectivity index (χ1) is 17.8. The van der Waals surface area contributed by atoms with Crippen LogP contribution in [0.15, 0.2) is 53.9 Å². The molecule has 8 heteroatoms. The third-order valence-corrected chi connectivity index (χ3v) is 8.31. The van der Waals surface area contributed by atoms with Crippen LogP contribution in [-0.4, -0.2) is 47.9 Å². The largest absolute Gasteiger partial charge is 0.491 e. The number of ether oxygens (including phenoxy) is 1. The molecule has 196 valence electrons. The van der Waals surface area contributed by atoms with Gasteiger partial charge in [-0.15, -0.1) is 11.3 Å². The van der Waals surface area contributed by atoms with Crippen LogP contribution in [0.2, 0.25) is 5.02 Å². The Kier molecular flexibility index (Phi) is 8.87. The summed E-state index contributed by atoms with van der Waals surface area (Å²) < 4.78 is 19.6. The second-order valence-electron chi connectivity index (χ2n) is 9.58. The van der Waals surface area contributed by atoms with Crippen LogP contribution < -0.4 is 4.74 Å². The summed E-state index contributed by atoms with van der Waals surface area (Å²) in [5.74, 6) is 0.110. The number of carbonyl (C=O) groups is 2. The number of amides is 2. The normalized spacial score (nSPS) is 15.7. The Labute approximate surface area is 226 Å². The lowest BCUT2D eigenvalue weighted by Gasteiger charge is -2.37. The molecule has 1 aromatic heterocycles. The van der Waals surface area contributed by atoms with Crippen molar-refractivity contribution in [2.45, 2.75) is 39.7 Å². The molecule has 3 aromatic rings. The van der Waals surface area contributed by atoms with Gasteiger partial charge in [0.1, 0.15) is 24.7 Å². The molecule has 0 radical (unpaired) electrons. The van der Waals surface area contributed by atoms with Gasteiger partial charge in [0, 0.05) is 28.6 Å². The van der Waals surface area contributed by atoms with Crippen LogP contribution in [0, 0.1) is 18.7 Å². The first-order valence-electron chi connectivity index (χ1n) is 12.6. The maximum atomic E-state index is 13.7. The van der Waals surface area contributed by atoms with E-state index in [1.807, 2.05) is 29.3 Å². The van der Waals surface area contributed by atoms with E-state index in [9.17, 15) is 14.0 Å². The fourth-order valence-corrected chi connectivity index (χ4v) is 5.56. The second kappa shape index (κ2) is 12.1. The highest BCUT2D eigenvalue weighted by atomic mass is 35.5. The van der Waals surface area contributed by atoms with Gasteiger partial charge in [-0.05, 0) is 84.3 Å². The molecule has 2 amide bonds. The van der Waals surface area contributed by atoms with Gasteiger partial charge in [0.15, 0.2) is 0 Å². The van der Waals surface area contributed by atoms with Gasteiger partial charge in [-0.2, -0.15) is 0 Å². The number of rotatable bonds is 9. The molecule has 37 heavy (non-hydrogen) atoms. The van der Waals surface area contributed by atoms with Crippen molar-refractivity contribution < 1.29 is 18.7 Å². The molecule has 1 aliphatic heterocycles. The van der Waals surface area contributed by atoms with E-state index in [2.05, 4.69) is 19.9 Å². The average molecular weight is 543 g/mol. The number of hydrogen-bond acceptors (Lipinski definition) is 4. The summed E-state index contributed by atoms with van der Waals surface area (Å²) in [7, 11) is 0. The summed E-state index contributed by atoms with van der Waals surface area (Å²) in [6.07, 6.45) is 1.65. The topological polar surface area (TPSA) is 49.9 Å². The zero-order chi connectivity index (χ0) is 26.5. The van der Waals surface area contributed by atoms with E-state index in [-0.39, 0.29) is 30.3 Å². The molecule has 0 unspecified atom stereocenters. The summed E-state index contributed by atoms with van der Waals surface area (Å²) >= 11 is 7.85. The second-order valence-corrected chi connectivity index (χ2v) is 11.0. The highest BCUT2D eigenvalue weighted by Crippen LogP contribution is 2.34. The Bertz CT molecular complexity index is 1250. The van der Waals surface area contributed by atoms with E-state index < -0.39 is 5.82 Å². The molecule has 2 heterocycles. The molecule has 0 fully saturated rings. The van der Waals surface area contributed by atoms with E-state index in [1.54, 1.807) is 22.3 Å². The molecular formula is C29H32ClFN2O3S. The van der Waals surface area contributed by atoms with Gasteiger partial charge in [-0.1, -0.05) is 31.9 Å². The van der Waals surface area contributed by atoms with E-state index in [1.165, 1.54) is 29.1 Å². The number of carbonyl (C=O) groups excluding carboxylic acids is 2.